The molecule has 102 valence electrons. The van der Waals surface area contributed by atoms with Gasteiger partial charge in [-0.1, -0.05) is 50.1 Å². The van der Waals surface area contributed by atoms with Gasteiger partial charge in [0.05, 0.1) is 5.69 Å². The van der Waals surface area contributed by atoms with Gasteiger partial charge in [-0.15, -0.1) is 0 Å². The predicted octanol–water partition coefficient (Wildman–Crippen LogP) is 4.70. The Hall–Kier alpha value is -0.610. The van der Waals surface area contributed by atoms with Crippen LogP contribution in [0.25, 0.3) is 0 Å². The van der Waals surface area contributed by atoms with Gasteiger partial charge in [0.15, 0.2) is 0 Å². The third kappa shape index (κ3) is 3.48. The highest BCUT2D eigenvalue weighted by molar-refractivity contribution is 9.10. The summed E-state index contributed by atoms with van der Waals surface area (Å²) in [7, 11) is 0. The molecule has 19 heavy (non-hydrogen) atoms. The Morgan fingerprint density at radius 2 is 2.05 bits per heavy atom. The van der Waals surface area contributed by atoms with Gasteiger partial charge in [-0.2, -0.15) is 5.10 Å². The van der Waals surface area contributed by atoms with Crippen LogP contribution in [0, 0.1) is 6.92 Å². The number of benzene rings is 1. The van der Waals surface area contributed by atoms with E-state index in [1.165, 1.54) is 15.7 Å². The van der Waals surface area contributed by atoms with Gasteiger partial charge in [0.1, 0.15) is 0 Å². The van der Waals surface area contributed by atoms with E-state index >= 15 is 0 Å². The van der Waals surface area contributed by atoms with Crippen molar-refractivity contribution in [3.8, 4) is 0 Å². The fourth-order valence-corrected chi connectivity index (χ4v) is 3.53. The Kier molecular flexibility index (Phi) is 5.22. The molecule has 0 aliphatic carbocycles. The van der Waals surface area contributed by atoms with Crippen molar-refractivity contribution in [1.82, 2.24) is 9.78 Å². The topological polar surface area (TPSA) is 17.8 Å². The molecule has 1 unspecified atom stereocenters. The molecule has 0 fully saturated rings. The van der Waals surface area contributed by atoms with E-state index in [0.29, 0.717) is 5.92 Å². The molecule has 1 atom stereocenters. The van der Waals surface area contributed by atoms with Gasteiger partial charge in [-0.25, -0.2) is 0 Å². The summed E-state index contributed by atoms with van der Waals surface area (Å²) in [6.07, 6.45) is 1.00. The van der Waals surface area contributed by atoms with Crippen LogP contribution in [0.5, 0.6) is 0 Å². The molecule has 0 N–H and O–H groups in total. The predicted molar refractivity (Wildman–Crippen MR) is 87.0 cm³/mol. The number of rotatable bonds is 5. The van der Waals surface area contributed by atoms with E-state index in [4.69, 9.17) is 0 Å². The summed E-state index contributed by atoms with van der Waals surface area (Å²) in [5.41, 5.74) is 3.75. The lowest BCUT2D eigenvalue weighted by Gasteiger charge is -2.16. The van der Waals surface area contributed by atoms with Crippen LogP contribution < -0.4 is 0 Å². The Morgan fingerprint density at radius 3 is 2.68 bits per heavy atom. The first kappa shape index (κ1) is 14.8. The van der Waals surface area contributed by atoms with Crippen LogP contribution in [0.4, 0.5) is 0 Å². The second kappa shape index (κ2) is 6.71. The molecule has 0 aliphatic heterocycles. The summed E-state index contributed by atoms with van der Waals surface area (Å²) in [4.78, 5) is 0. The second-order valence-electron chi connectivity index (χ2n) is 4.67. The normalized spacial score (nSPS) is 12.6. The standard InChI is InChI=1S/C15H18Br2N2/c1-3-19-13(8-11(2)18-19)9-12(10-16)14-6-4-5-7-15(14)17/h4-8,12H,3,9-10H2,1-2H3. The van der Waals surface area contributed by atoms with Crippen molar-refractivity contribution >= 4 is 31.9 Å². The molecule has 1 heterocycles. The lowest BCUT2D eigenvalue weighted by atomic mass is 9.96. The highest BCUT2D eigenvalue weighted by atomic mass is 79.9. The maximum atomic E-state index is 4.52. The number of halogens is 2. The molecular weight excluding hydrogens is 368 g/mol. The number of hydrogen-bond donors (Lipinski definition) is 0. The van der Waals surface area contributed by atoms with Crippen molar-refractivity contribution in [3.05, 3.63) is 51.8 Å². The fourth-order valence-electron chi connectivity index (χ4n) is 2.34. The molecule has 2 nitrogen and oxygen atoms in total. The molecule has 2 rings (SSSR count). The van der Waals surface area contributed by atoms with Gasteiger partial charge >= 0.3 is 0 Å². The number of alkyl halides is 1. The van der Waals surface area contributed by atoms with Crippen LogP contribution in [-0.2, 0) is 13.0 Å². The van der Waals surface area contributed by atoms with Gasteiger partial charge in [0.25, 0.3) is 0 Å². The molecule has 0 saturated heterocycles. The summed E-state index contributed by atoms with van der Waals surface area (Å²) >= 11 is 7.30. The summed E-state index contributed by atoms with van der Waals surface area (Å²) in [6.45, 7) is 5.11. The summed E-state index contributed by atoms with van der Waals surface area (Å²) in [5.74, 6) is 0.456. The van der Waals surface area contributed by atoms with E-state index in [9.17, 15) is 0 Å². The zero-order chi connectivity index (χ0) is 13.8. The second-order valence-corrected chi connectivity index (χ2v) is 6.17. The van der Waals surface area contributed by atoms with Crippen LogP contribution >= 0.6 is 31.9 Å². The van der Waals surface area contributed by atoms with E-state index < -0.39 is 0 Å². The largest absolute Gasteiger partial charge is 0.270 e. The van der Waals surface area contributed by atoms with Crippen molar-refractivity contribution < 1.29 is 0 Å². The SMILES string of the molecule is CCn1nc(C)cc1CC(CBr)c1ccccc1Br. The van der Waals surface area contributed by atoms with Crippen molar-refractivity contribution in [3.63, 3.8) is 0 Å². The Morgan fingerprint density at radius 1 is 1.32 bits per heavy atom. The van der Waals surface area contributed by atoms with Crippen molar-refractivity contribution in [2.24, 2.45) is 0 Å². The molecule has 0 amide bonds. The van der Waals surface area contributed by atoms with Crippen LogP contribution in [0.2, 0.25) is 0 Å². The molecule has 2 aromatic rings. The van der Waals surface area contributed by atoms with Gasteiger partial charge < -0.3 is 0 Å². The molecule has 4 heteroatoms. The summed E-state index contributed by atoms with van der Waals surface area (Å²) in [5, 5.41) is 5.47. The molecule has 1 aromatic carbocycles. The molecule has 0 bridgehead atoms. The van der Waals surface area contributed by atoms with Crippen molar-refractivity contribution in [1.29, 1.82) is 0 Å². The molecule has 0 radical (unpaired) electrons. The van der Waals surface area contributed by atoms with Crippen molar-refractivity contribution in [2.75, 3.05) is 5.33 Å². The quantitative estimate of drug-likeness (QED) is 0.682. The maximum absolute atomic E-state index is 4.52. The van der Waals surface area contributed by atoms with Crippen LogP contribution in [0.15, 0.2) is 34.8 Å². The first-order chi connectivity index (χ1) is 9.15. The first-order valence-corrected chi connectivity index (χ1v) is 8.40. The molecule has 1 aromatic heterocycles. The Labute approximate surface area is 131 Å². The Bertz CT molecular complexity index is 549. The van der Waals surface area contributed by atoms with Crippen molar-refractivity contribution in [2.45, 2.75) is 32.7 Å². The minimum atomic E-state index is 0.456. The lowest BCUT2D eigenvalue weighted by Crippen LogP contribution is -2.10. The highest BCUT2D eigenvalue weighted by Crippen LogP contribution is 2.29. The third-order valence-electron chi connectivity index (χ3n) is 3.27. The van der Waals surface area contributed by atoms with Crippen LogP contribution in [-0.4, -0.2) is 15.1 Å². The van der Waals surface area contributed by atoms with E-state index in [2.05, 4.69) is 85.8 Å². The summed E-state index contributed by atoms with van der Waals surface area (Å²) in [6, 6.07) is 10.6. The first-order valence-electron chi connectivity index (χ1n) is 6.49. The summed E-state index contributed by atoms with van der Waals surface area (Å²) < 4.78 is 3.28. The van der Waals surface area contributed by atoms with Gasteiger partial charge in [-0.05, 0) is 38.0 Å². The van der Waals surface area contributed by atoms with Crippen LogP contribution in [0.3, 0.4) is 0 Å². The average molecular weight is 386 g/mol. The van der Waals surface area contributed by atoms with E-state index in [-0.39, 0.29) is 0 Å². The van der Waals surface area contributed by atoms with Crippen LogP contribution in [0.1, 0.15) is 29.8 Å². The molecule has 0 spiro atoms. The zero-order valence-corrected chi connectivity index (χ0v) is 14.4. The highest BCUT2D eigenvalue weighted by Gasteiger charge is 2.16. The van der Waals surface area contributed by atoms with Gasteiger partial charge in [0.2, 0.25) is 0 Å². The number of hydrogen-bond acceptors (Lipinski definition) is 1. The van der Waals surface area contributed by atoms with Gasteiger partial charge in [-0.3, -0.25) is 4.68 Å². The smallest absolute Gasteiger partial charge is 0.0596 e. The third-order valence-corrected chi connectivity index (χ3v) is 4.78. The molecule has 0 saturated carbocycles. The average Bonchev–Trinajstić information content (AvgIpc) is 2.77. The van der Waals surface area contributed by atoms with Gasteiger partial charge in [0, 0.05) is 28.0 Å². The monoisotopic (exact) mass is 384 g/mol. The lowest BCUT2D eigenvalue weighted by molar-refractivity contribution is 0.596. The van der Waals surface area contributed by atoms with E-state index in [0.717, 1.165) is 24.0 Å². The van der Waals surface area contributed by atoms with E-state index in [1.807, 2.05) is 0 Å². The molecular formula is C15H18Br2N2. The Balaban J connectivity index is 2.26. The fraction of sp³-hybridized carbons (Fsp3) is 0.400. The minimum absolute atomic E-state index is 0.456. The number of aryl methyl sites for hydroxylation is 2. The minimum Gasteiger partial charge on any atom is -0.270 e. The zero-order valence-electron chi connectivity index (χ0n) is 11.2. The number of nitrogens with zero attached hydrogens (tertiary/aromatic N) is 2. The molecule has 0 aliphatic rings. The van der Waals surface area contributed by atoms with E-state index in [1.54, 1.807) is 0 Å². The number of aromatic nitrogens is 2. The maximum Gasteiger partial charge on any atom is 0.0596 e.